The molecule has 224 valence electrons. The molecule has 1 saturated heterocycles. The maximum atomic E-state index is 14.6. The minimum Gasteiger partial charge on any atom is -0.350 e. The van der Waals surface area contributed by atoms with Gasteiger partial charge >= 0.3 is 0 Å². The molecule has 7 heteroatoms. The van der Waals surface area contributed by atoms with Crippen LogP contribution in [0.3, 0.4) is 0 Å². The summed E-state index contributed by atoms with van der Waals surface area (Å²) in [5.74, 6) is -0.373. The molecule has 6 nitrogen and oxygen atoms in total. The number of nitrogens with one attached hydrogen (secondary N) is 1. The van der Waals surface area contributed by atoms with Gasteiger partial charge in [0.15, 0.2) is 5.54 Å². The van der Waals surface area contributed by atoms with Gasteiger partial charge in [0.1, 0.15) is 11.6 Å². The fourth-order valence-corrected chi connectivity index (χ4v) is 6.43. The van der Waals surface area contributed by atoms with Crippen molar-refractivity contribution in [1.29, 1.82) is 5.26 Å². The summed E-state index contributed by atoms with van der Waals surface area (Å²) in [6, 6.07) is 38.3. The van der Waals surface area contributed by atoms with Crippen molar-refractivity contribution >= 4 is 11.8 Å². The fraction of sp³-hybridized carbons (Fsp3) is 0.103. The smallest absolute Gasteiger partial charge is 0.263 e. The van der Waals surface area contributed by atoms with E-state index in [4.69, 9.17) is 0 Å². The van der Waals surface area contributed by atoms with Gasteiger partial charge in [-0.2, -0.15) is 5.26 Å². The molecule has 46 heavy (non-hydrogen) atoms. The number of benzene rings is 5. The molecule has 2 heterocycles. The van der Waals surface area contributed by atoms with Crippen molar-refractivity contribution in [3.05, 3.63) is 178 Å². The molecule has 0 aliphatic carbocycles. The molecule has 2 amide bonds. The van der Waals surface area contributed by atoms with E-state index in [0.29, 0.717) is 41.2 Å². The standard InChI is InChI=1S/C39H29FN4O2/c1-26-42-39(34-15-17-36(40)18-16-34,35-14-6-12-30(21-35)29-11-4-7-27(19-29)22-41)38(46)44(26)23-28-8-5-13-31(20-28)37(45)43-24-32-9-2-3-10-33(32)25-43/h2-21,42H,1,23-25H2. The highest BCUT2D eigenvalue weighted by Crippen LogP contribution is 2.40. The van der Waals surface area contributed by atoms with Gasteiger partial charge in [-0.15, -0.1) is 0 Å². The van der Waals surface area contributed by atoms with Crippen molar-refractivity contribution in [2.24, 2.45) is 0 Å². The molecule has 5 aromatic rings. The molecule has 0 saturated carbocycles. The van der Waals surface area contributed by atoms with Gasteiger partial charge in [0.2, 0.25) is 0 Å². The Labute approximate surface area is 266 Å². The zero-order chi connectivity index (χ0) is 31.8. The Balaban J connectivity index is 1.22. The molecule has 7 rings (SSSR count). The van der Waals surface area contributed by atoms with Crippen molar-refractivity contribution in [2.75, 3.05) is 0 Å². The first kappa shape index (κ1) is 28.8. The van der Waals surface area contributed by atoms with Crippen molar-refractivity contribution < 1.29 is 14.0 Å². The predicted octanol–water partition coefficient (Wildman–Crippen LogP) is 6.87. The van der Waals surface area contributed by atoms with Crippen molar-refractivity contribution in [1.82, 2.24) is 15.1 Å². The Bertz CT molecular complexity index is 2040. The maximum absolute atomic E-state index is 14.6. The van der Waals surface area contributed by atoms with E-state index >= 15 is 0 Å². The maximum Gasteiger partial charge on any atom is 0.263 e. The van der Waals surface area contributed by atoms with Gasteiger partial charge in [0, 0.05) is 18.7 Å². The summed E-state index contributed by atoms with van der Waals surface area (Å²) in [6.45, 7) is 5.50. The van der Waals surface area contributed by atoms with E-state index in [1.54, 1.807) is 35.2 Å². The SMILES string of the molecule is C=C1NC(c2ccc(F)cc2)(c2cccc(-c3cccc(C#N)c3)c2)C(=O)N1Cc1cccc(C(=O)N2Cc3ccccc3C2)c1. The van der Waals surface area contributed by atoms with Crippen LogP contribution in [0.2, 0.25) is 0 Å². The third-order valence-corrected chi connectivity index (χ3v) is 8.76. The first-order chi connectivity index (χ1) is 22.4. The molecular formula is C39H29FN4O2. The molecule has 1 atom stereocenters. The van der Waals surface area contributed by atoms with E-state index in [-0.39, 0.29) is 18.4 Å². The molecular weight excluding hydrogens is 575 g/mol. The molecule has 5 aromatic carbocycles. The van der Waals surface area contributed by atoms with Gasteiger partial charge in [0.05, 0.1) is 18.2 Å². The highest BCUT2D eigenvalue weighted by Gasteiger charge is 2.51. The highest BCUT2D eigenvalue weighted by molar-refractivity contribution is 5.96. The lowest BCUT2D eigenvalue weighted by Gasteiger charge is -2.29. The summed E-state index contributed by atoms with van der Waals surface area (Å²) >= 11 is 0. The van der Waals surface area contributed by atoms with Crippen LogP contribution >= 0.6 is 0 Å². The zero-order valence-corrected chi connectivity index (χ0v) is 24.9. The quantitative estimate of drug-likeness (QED) is 0.230. The van der Waals surface area contributed by atoms with E-state index in [1.807, 2.05) is 83.8 Å². The van der Waals surface area contributed by atoms with Gasteiger partial charge in [-0.25, -0.2) is 4.39 Å². The number of carbonyl (C=O) groups excluding carboxylic acids is 2. The number of halogens is 1. The second-order valence-electron chi connectivity index (χ2n) is 11.6. The fourth-order valence-electron chi connectivity index (χ4n) is 6.43. The van der Waals surface area contributed by atoms with Gasteiger partial charge < -0.3 is 10.2 Å². The first-order valence-electron chi connectivity index (χ1n) is 15.0. The van der Waals surface area contributed by atoms with Crippen LogP contribution in [0.15, 0.2) is 134 Å². The van der Waals surface area contributed by atoms with Crippen LogP contribution in [0.5, 0.6) is 0 Å². The zero-order valence-electron chi connectivity index (χ0n) is 24.9. The van der Waals surface area contributed by atoms with Crippen LogP contribution in [-0.2, 0) is 30.0 Å². The van der Waals surface area contributed by atoms with Crippen LogP contribution in [0.1, 0.15) is 43.7 Å². The largest absolute Gasteiger partial charge is 0.350 e. The molecule has 0 radical (unpaired) electrons. The van der Waals surface area contributed by atoms with Crippen molar-refractivity contribution in [3.8, 4) is 17.2 Å². The van der Waals surface area contributed by atoms with E-state index in [9.17, 15) is 19.2 Å². The summed E-state index contributed by atoms with van der Waals surface area (Å²) in [5, 5.41) is 12.8. The van der Waals surface area contributed by atoms with Gasteiger partial charge in [0.25, 0.3) is 11.8 Å². The van der Waals surface area contributed by atoms with Gasteiger partial charge in [-0.05, 0) is 81.4 Å². The number of amides is 2. The van der Waals surface area contributed by atoms with E-state index < -0.39 is 11.4 Å². The Morgan fingerprint density at radius 2 is 1.50 bits per heavy atom. The lowest BCUT2D eigenvalue weighted by molar-refractivity contribution is -0.131. The summed E-state index contributed by atoms with van der Waals surface area (Å²) < 4.78 is 14.1. The molecule has 1 fully saturated rings. The number of rotatable bonds is 6. The minimum absolute atomic E-state index is 0.0688. The van der Waals surface area contributed by atoms with Crippen LogP contribution in [-0.4, -0.2) is 21.6 Å². The molecule has 2 aliphatic rings. The van der Waals surface area contributed by atoms with E-state index in [1.165, 1.54) is 12.1 Å². The second kappa shape index (κ2) is 11.5. The number of nitriles is 1. The van der Waals surface area contributed by atoms with Crippen LogP contribution in [0.4, 0.5) is 4.39 Å². The first-order valence-corrected chi connectivity index (χ1v) is 15.0. The van der Waals surface area contributed by atoms with Crippen LogP contribution in [0, 0.1) is 17.1 Å². The summed E-state index contributed by atoms with van der Waals surface area (Å²) in [7, 11) is 0. The number of hydrogen-bond donors (Lipinski definition) is 1. The van der Waals surface area contributed by atoms with Gasteiger partial charge in [-0.3, -0.25) is 14.5 Å². The normalized spacial score (nSPS) is 17.0. The van der Waals surface area contributed by atoms with Crippen LogP contribution in [0.25, 0.3) is 11.1 Å². The number of nitrogens with zero attached hydrogens (tertiary/aromatic N) is 3. The van der Waals surface area contributed by atoms with Gasteiger partial charge in [-0.1, -0.05) is 85.4 Å². The number of hydrogen-bond acceptors (Lipinski definition) is 4. The average molecular weight is 605 g/mol. The van der Waals surface area contributed by atoms with Crippen LogP contribution < -0.4 is 5.32 Å². The lowest BCUT2D eigenvalue weighted by Crippen LogP contribution is -2.44. The monoisotopic (exact) mass is 604 g/mol. The number of carbonyl (C=O) groups is 2. The lowest BCUT2D eigenvalue weighted by atomic mass is 9.81. The Morgan fingerprint density at radius 3 is 2.22 bits per heavy atom. The van der Waals surface area contributed by atoms with E-state index in [0.717, 1.165) is 27.8 Å². The summed E-state index contributed by atoms with van der Waals surface area (Å²) in [6.07, 6.45) is 0. The summed E-state index contributed by atoms with van der Waals surface area (Å²) in [4.78, 5) is 31.5. The van der Waals surface area contributed by atoms with Crippen molar-refractivity contribution in [3.63, 3.8) is 0 Å². The third kappa shape index (κ3) is 5.00. The molecule has 0 bridgehead atoms. The molecule has 0 spiro atoms. The second-order valence-corrected chi connectivity index (χ2v) is 11.6. The molecule has 1 unspecified atom stereocenters. The highest BCUT2D eigenvalue weighted by atomic mass is 19.1. The Hall–Kier alpha value is -6.00. The molecule has 0 aromatic heterocycles. The molecule has 2 aliphatic heterocycles. The Morgan fingerprint density at radius 1 is 0.826 bits per heavy atom. The average Bonchev–Trinajstić information content (AvgIpc) is 3.64. The Kier molecular flexibility index (Phi) is 7.18. The predicted molar refractivity (Wildman–Crippen MR) is 173 cm³/mol. The van der Waals surface area contributed by atoms with E-state index in [2.05, 4.69) is 18.0 Å². The van der Waals surface area contributed by atoms with Crippen molar-refractivity contribution in [2.45, 2.75) is 25.2 Å². The minimum atomic E-state index is -1.39. The summed E-state index contributed by atoms with van der Waals surface area (Å²) in [5.41, 5.74) is 5.62. The topological polar surface area (TPSA) is 76.4 Å². The number of fused-ring (bicyclic) bond motifs is 1. The molecule has 1 N–H and O–H groups in total. The third-order valence-electron chi connectivity index (χ3n) is 8.76.